The van der Waals surface area contributed by atoms with Crippen molar-refractivity contribution in [2.24, 2.45) is 0 Å². The molecule has 0 radical (unpaired) electrons. The molecule has 1 aromatic heterocycles. The van der Waals surface area contributed by atoms with Gasteiger partial charge in [0.15, 0.2) is 6.73 Å². The maximum atomic E-state index is 13.5. The number of carbonyl (C=O) groups excluding carboxylic acids is 1. The number of halogens is 3. The Morgan fingerprint density at radius 3 is 2.70 bits per heavy atom. The molecule has 0 bridgehead atoms. The van der Waals surface area contributed by atoms with Crippen LogP contribution in [0.1, 0.15) is 10.5 Å². The summed E-state index contributed by atoms with van der Waals surface area (Å²) in [6.07, 6.45) is 0. The highest BCUT2D eigenvalue weighted by Gasteiger charge is 2.21. The van der Waals surface area contributed by atoms with Gasteiger partial charge in [-0.05, 0) is 18.2 Å². The van der Waals surface area contributed by atoms with Crippen molar-refractivity contribution in [2.75, 3.05) is 5.32 Å². The number of phosphoric ester groups is 1. The molecule has 23 heavy (non-hydrogen) atoms. The molecule has 1 heterocycles. The van der Waals surface area contributed by atoms with Crippen molar-refractivity contribution in [3.8, 4) is 0 Å². The molecule has 13 heteroatoms. The number of amides is 1. The molecule has 0 atom stereocenters. The third kappa shape index (κ3) is 4.78. The van der Waals surface area contributed by atoms with Crippen molar-refractivity contribution in [3.63, 3.8) is 0 Å². The fraction of sp³-hybridized carbons (Fsp3) is 0.100. The second kappa shape index (κ2) is 6.69. The standard InChI is InChI=1S/C10H8ClF2N4O5P/c11-6-3-5(12)1-2-7(6)14-10(18)8-9(13)16-17(15-8)4-22-23(19,20)21/h1-3H,4H2,(H,14,18)(H2,19,20,21). The molecule has 0 fully saturated rings. The summed E-state index contributed by atoms with van der Waals surface area (Å²) in [6.45, 7) is -0.869. The zero-order valence-electron chi connectivity index (χ0n) is 11.0. The molecule has 0 spiro atoms. The van der Waals surface area contributed by atoms with E-state index in [4.69, 9.17) is 21.4 Å². The van der Waals surface area contributed by atoms with Crippen LogP contribution in [-0.2, 0) is 15.8 Å². The normalized spacial score (nSPS) is 11.5. The Morgan fingerprint density at radius 1 is 1.39 bits per heavy atom. The van der Waals surface area contributed by atoms with Crippen LogP contribution < -0.4 is 5.32 Å². The predicted octanol–water partition coefficient (Wildman–Crippen LogP) is 1.53. The number of benzene rings is 1. The topological polar surface area (TPSA) is 127 Å². The molecule has 2 aromatic rings. The number of nitrogens with zero attached hydrogens (tertiary/aromatic N) is 3. The van der Waals surface area contributed by atoms with Crippen molar-refractivity contribution in [2.45, 2.75) is 6.73 Å². The lowest BCUT2D eigenvalue weighted by Gasteiger charge is -2.05. The largest absolute Gasteiger partial charge is 0.471 e. The highest BCUT2D eigenvalue weighted by atomic mass is 35.5. The van der Waals surface area contributed by atoms with Crippen LogP contribution in [0.5, 0.6) is 0 Å². The van der Waals surface area contributed by atoms with E-state index in [1.54, 1.807) is 0 Å². The summed E-state index contributed by atoms with van der Waals surface area (Å²) < 4.78 is 41.0. The third-order valence-corrected chi connectivity index (χ3v) is 3.11. The minimum absolute atomic E-state index is 0.0125. The van der Waals surface area contributed by atoms with Crippen LogP contribution in [0, 0.1) is 11.8 Å². The smallest absolute Gasteiger partial charge is 0.319 e. The summed E-state index contributed by atoms with van der Waals surface area (Å²) >= 11 is 5.71. The summed E-state index contributed by atoms with van der Waals surface area (Å²) in [7, 11) is -4.80. The van der Waals surface area contributed by atoms with Crippen LogP contribution in [-0.4, -0.2) is 30.7 Å². The highest BCUT2D eigenvalue weighted by molar-refractivity contribution is 7.46. The van der Waals surface area contributed by atoms with Gasteiger partial charge in [-0.15, -0.1) is 10.2 Å². The molecule has 0 aliphatic carbocycles. The van der Waals surface area contributed by atoms with Gasteiger partial charge >= 0.3 is 7.82 Å². The molecule has 0 aliphatic rings. The number of anilines is 1. The van der Waals surface area contributed by atoms with Crippen LogP contribution in [0.25, 0.3) is 0 Å². The van der Waals surface area contributed by atoms with Crippen molar-refractivity contribution in [1.82, 2.24) is 15.0 Å². The Morgan fingerprint density at radius 2 is 2.09 bits per heavy atom. The zero-order chi connectivity index (χ0) is 17.2. The fourth-order valence-corrected chi connectivity index (χ4v) is 1.89. The van der Waals surface area contributed by atoms with Crippen molar-refractivity contribution in [3.05, 3.63) is 40.7 Å². The van der Waals surface area contributed by atoms with Gasteiger partial charge < -0.3 is 15.1 Å². The average molecular weight is 369 g/mol. The van der Waals surface area contributed by atoms with Gasteiger partial charge in [-0.2, -0.15) is 9.19 Å². The summed E-state index contributed by atoms with van der Waals surface area (Å²) in [4.78, 5) is 29.3. The lowest BCUT2D eigenvalue weighted by atomic mass is 10.3. The fourth-order valence-electron chi connectivity index (χ4n) is 1.42. The summed E-state index contributed by atoms with van der Waals surface area (Å²) in [5, 5.41) is 8.60. The van der Waals surface area contributed by atoms with Gasteiger partial charge in [-0.25, -0.2) is 8.96 Å². The number of aromatic nitrogens is 3. The summed E-state index contributed by atoms with van der Waals surface area (Å²) in [5.74, 6) is -2.96. The van der Waals surface area contributed by atoms with Crippen molar-refractivity contribution in [1.29, 1.82) is 0 Å². The minimum Gasteiger partial charge on any atom is -0.319 e. The zero-order valence-corrected chi connectivity index (χ0v) is 12.6. The molecule has 0 unspecified atom stereocenters. The summed E-state index contributed by atoms with van der Waals surface area (Å²) in [6, 6.07) is 3.13. The number of carbonyl (C=O) groups is 1. The lowest BCUT2D eigenvalue weighted by molar-refractivity contribution is 0.101. The molecule has 0 saturated carbocycles. The predicted molar refractivity (Wildman–Crippen MR) is 72.5 cm³/mol. The van der Waals surface area contributed by atoms with Gasteiger partial charge in [-0.1, -0.05) is 11.6 Å². The molecular weight excluding hydrogens is 361 g/mol. The minimum atomic E-state index is -4.80. The molecule has 1 amide bonds. The van der Waals surface area contributed by atoms with E-state index in [0.717, 1.165) is 18.2 Å². The van der Waals surface area contributed by atoms with Crippen LogP contribution in [0.3, 0.4) is 0 Å². The van der Waals surface area contributed by atoms with Gasteiger partial charge in [-0.3, -0.25) is 9.32 Å². The average Bonchev–Trinajstić information content (AvgIpc) is 2.80. The first kappa shape index (κ1) is 17.4. The van der Waals surface area contributed by atoms with E-state index >= 15 is 0 Å². The number of hydrogen-bond acceptors (Lipinski definition) is 5. The van der Waals surface area contributed by atoms with Crippen LogP contribution in [0.15, 0.2) is 18.2 Å². The van der Waals surface area contributed by atoms with E-state index in [1.807, 2.05) is 0 Å². The number of rotatable bonds is 5. The number of nitrogens with one attached hydrogen (secondary N) is 1. The lowest BCUT2D eigenvalue weighted by Crippen LogP contribution is -2.15. The second-order valence-electron chi connectivity index (χ2n) is 4.04. The Kier molecular flexibility index (Phi) is 5.07. The van der Waals surface area contributed by atoms with E-state index in [1.165, 1.54) is 0 Å². The van der Waals surface area contributed by atoms with Gasteiger partial charge in [0.2, 0.25) is 5.69 Å². The van der Waals surface area contributed by atoms with Gasteiger partial charge in [0.05, 0.1) is 10.7 Å². The molecule has 1 aromatic carbocycles. The Bertz CT molecular complexity index is 796. The summed E-state index contributed by atoms with van der Waals surface area (Å²) in [5.41, 5.74) is -0.752. The maximum absolute atomic E-state index is 13.5. The second-order valence-corrected chi connectivity index (χ2v) is 5.69. The SMILES string of the molecule is O=C(Nc1ccc(F)cc1Cl)c1nn(COP(=O)(O)O)nc1F. The quantitative estimate of drug-likeness (QED) is 0.683. The first-order valence-corrected chi connectivity index (χ1v) is 7.63. The van der Waals surface area contributed by atoms with E-state index in [0.29, 0.717) is 4.80 Å². The Hall–Kier alpha value is -1.91. The molecule has 124 valence electrons. The highest BCUT2D eigenvalue weighted by Crippen LogP contribution is 2.35. The van der Waals surface area contributed by atoms with Gasteiger partial charge in [0.1, 0.15) is 5.82 Å². The molecule has 2 rings (SSSR count). The Labute approximate surface area is 132 Å². The number of phosphoric acid groups is 1. The first-order chi connectivity index (χ1) is 10.7. The van der Waals surface area contributed by atoms with Crippen LogP contribution >= 0.6 is 19.4 Å². The first-order valence-electron chi connectivity index (χ1n) is 5.73. The third-order valence-electron chi connectivity index (χ3n) is 2.35. The van der Waals surface area contributed by atoms with E-state index in [-0.39, 0.29) is 10.7 Å². The molecule has 3 N–H and O–H groups in total. The van der Waals surface area contributed by atoms with Gasteiger partial charge in [0.25, 0.3) is 11.9 Å². The molecule has 0 aliphatic heterocycles. The van der Waals surface area contributed by atoms with E-state index in [2.05, 4.69) is 20.0 Å². The molecule has 9 nitrogen and oxygen atoms in total. The van der Waals surface area contributed by atoms with E-state index < -0.39 is 37.9 Å². The molecule has 0 saturated heterocycles. The van der Waals surface area contributed by atoms with Crippen LogP contribution in [0.2, 0.25) is 5.02 Å². The van der Waals surface area contributed by atoms with Gasteiger partial charge in [0, 0.05) is 0 Å². The maximum Gasteiger partial charge on any atom is 0.471 e. The molecular formula is C10H8ClF2N4O5P. The van der Waals surface area contributed by atoms with Crippen molar-refractivity contribution < 1.29 is 32.5 Å². The number of hydrogen-bond donors (Lipinski definition) is 3. The van der Waals surface area contributed by atoms with Crippen LogP contribution in [0.4, 0.5) is 14.5 Å². The monoisotopic (exact) mass is 368 g/mol. The van der Waals surface area contributed by atoms with E-state index in [9.17, 15) is 18.1 Å². The van der Waals surface area contributed by atoms with Crippen molar-refractivity contribution >= 4 is 31.0 Å². The Balaban J connectivity index is 2.13.